The third-order valence-corrected chi connectivity index (χ3v) is 4.61. The van der Waals surface area contributed by atoms with Crippen molar-refractivity contribution in [3.8, 4) is 0 Å². The number of hydrogen-bond donors (Lipinski definition) is 1. The van der Waals surface area contributed by atoms with Gasteiger partial charge in [-0.3, -0.25) is 4.79 Å². The van der Waals surface area contributed by atoms with E-state index in [0.717, 1.165) is 25.0 Å². The fourth-order valence-corrected chi connectivity index (χ4v) is 2.90. The first-order chi connectivity index (χ1) is 11.2. The second-order valence-electron chi connectivity index (χ2n) is 6.38. The SMILES string of the molecule is CN(C)C1(CNC(=O)Cc2cccc(C(F)(F)F)c2)CCOCC1. The highest BCUT2D eigenvalue weighted by Gasteiger charge is 2.35. The summed E-state index contributed by atoms with van der Waals surface area (Å²) in [5, 5.41) is 2.86. The highest BCUT2D eigenvalue weighted by Crippen LogP contribution is 2.29. The average Bonchev–Trinajstić information content (AvgIpc) is 2.53. The average molecular weight is 344 g/mol. The van der Waals surface area contributed by atoms with Crippen LogP contribution in [0.15, 0.2) is 24.3 Å². The van der Waals surface area contributed by atoms with Crippen LogP contribution in [0.1, 0.15) is 24.0 Å². The number of nitrogens with zero attached hydrogens (tertiary/aromatic N) is 1. The van der Waals surface area contributed by atoms with Gasteiger partial charge in [0.1, 0.15) is 0 Å². The molecule has 1 saturated heterocycles. The molecule has 0 radical (unpaired) electrons. The minimum Gasteiger partial charge on any atom is -0.381 e. The van der Waals surface area contributed by atoms with Gasteiger partial charge in [0.2, 0.25) is 5.91 Å². The molecular formula is C17H23F3N2O2. The van der Waals surface area contributed by atoms with E-state index in [1.54, 1.807) is 0 Å². The van der Waals surface area contributed by atoms with E-state index in [2.05, 4.69) is 10.2 Å². The van der Waals surface area contributed by atoms with E-state index < -0.39 is 11.7 Å². The number of alkyl halides is 3. The van der Waals surface area contributed by atoms with Gasteiger partial charge in [0.25, 0.3) is 0 Å². The summed E-state index contributed by atoms with van der Waals surface area (Å²) < 4.78 is 43.5. The van der Waals surface area contributed by atoms with E-state index in [0.29, 0.717) is 25.3 Å². The van der Waals surface area contributed by atoms with Gasteiger partial charge in [0.05, 0.1) is 12.0 Å². The van der Waals surface area contributed by atoms with Crippen LogP contribution in [0.4, 0.5) is 13.2 Å². The molecule has 1 amide bonds. The molecule has 1 aromatic carbocycles. The minimum absolute atomic E-state index is 0.0655. The fraction of sp³-hybridized carbons (Fsp3) is 0.588. The van der Waals surface area contributed by atoms with Crippen molar-refractivity contribution in [1.29, 1.82) is 0 Å². The first kappa shape index (κ1) is 18.7. The molecule has 0 aromatic heterocycles. The van der Waals surface area contributed by atoms with Crippen LogP contribution in [-0.2, 0) is 22.1 Å². The maximum absolute atomic E-state index is 12.7. The van der Waals surface area contributed by atoms with Crippen LogP contribution in [-0.4, -0.2) is 50.2 Å². The van der Waals surface area contributed by atoms with Crippen LogP contribution in [0.25, 0.3) is 0 Å². The second-order valence-corrected chi connectivity index (χ2v) is 6.38. The molecule has 134 valence electrons. The number of ether oxygens (including phenoxy) is 1. The molecule has 0 aliphatic carbocycles. The van der Waals surface area contributed by atoms with Crippen LogP contribution in [0, 0.1) is 0 Å². The van der Waals surface area contributed by atoms with Gasteiger partial charge >= 0.3 is 6.18 Å². The molecule has 1 aliphatic heterocycles. The fourth-order valence-electron chi connectivity index (χ4n) is 2.90. The lowest BCUT2D eigenvalue weighted by atomic mass is 9.88. The number of nitrogens with one attached hydrogen (secondary N) is 1. The first-order valence-electron chi connectivity index (χ1n) is 7.91. The summed E-state index contributed by atoms with van der Waals surface area (Å²) >= 11 is 0. The van der Waals surface area contributed by atoms with Crippen molar-refractivity contribution in [3.63, 3.8) is 0 Å². The Morgan fingerprint density at radius 1 is 1.29 bits per heavy atom. The summed E-state index contributed by atoms with van der Waals surface area (Å²) in [7, 11) is 3.93. The van der Waals surface area contributed by atoms with E-state index >= 15 is 0 Å². The van der Waals surface area contributed by atoms with Gasteiger partial charge in [-0.25, -0.2) is 0 Å². The number of amides is 1. The Labute approximate surface area is 140 Å². The van der Waals surface area contributed by atoms with Crippen molar-refractivity contribution in [3.05, 3.63) is 35.4 Å². The number of carbonyl (C=O) groups is 1. The predicted molar refractivity (Wildman–Crippen MR) is 84.6 cm³/mol. The van der Waals surface area contributed by atoms with Crippen molar-refractivity contribution < 1.29 is 22.7 Å². The second kappa shape index (κ2) is 7.53. The Bertz CT molecular complexity index is 567. The van der Waals surface area contributed by atoms with Crippen LogP contribution in [0.3, 0.4) is 0 Å². The molecule has 1 N–H and O–H groups in total. The zero-order valence-corrected chi connectivity index (χ0v) is 13.9. The quantitative estimate of drug-likeness (QED) is 0.892. The summed E-state index contributed by atoms with van der Waals surface area (Å²) in [6, 6.07) is 4.89. The van der Waals surface area contributed by atoms with Gasteiger partial charge in [-0.2, -0.15) is 13.2 Å². The lowest BCUT2D eigenvalue weighted by molar-refractivity contribution is -0.137. The smallest absolute Gasteiger partial charge is 0.381 e. The van der Waals surface area contributed by atoms with E-state index in [4.69, 9.17) is 4.74 Å². The number of likely N-dealkylation sites (N-methyl/N-ethyl adjacent to an activating group) is 1. The molecule has 1 heterocycles. The Kier molecular flexibility index (Phi) is 5.87. The number of hydrogen-bond acceptors (Lipinski definition) is 3. The molecule has 0 bridgehead atoms. The summed E-state index contributed by atoms with van der Waals surface area (Å²) in [6.07, 6.45) is -2.85. The summed E-state index contributed by atoms with van der Waals surface area (Å²) in [6.45, 7) is 1.74. The first-order valence-corrected chi connectivity index (χ1v) is 7.91. The van der Waals surface area contributed by atoms with Crippen molar-refractivity contribution in [2.24, 2.45) is 0 Å². The van der Waals surface area contributed by atoms with Crippen molar-refractivity contribution in [1.82, 2.24) is 10.2 Å². The normalized spacial score (nSPS) is 17.8. The standard InChI is InChI=1S/C17H23F3N2O2/c1-22(2)16(6-8-24-9-7-16)12-21-15(23)11-13-4-3-5-14(10-13)17(18,19)20/h3-5,10H,6-9,11-12H2,1-2H3,(H,21,23). The monoisotopic (exact) mass is 344 g/mol. The number of benzene rings is 1. The highest BCUT2D eigenvalue weighted by atomic mass is 19.4. The summed E-state index contributed by atoms with van der Waals surface area (Å²) in [5.74, 6) is -0.276. The van der Waals surface area contributed by atoms with Gasteiger partial charge in [-0.1, -0.05) is 18.2 Å². The Morgan fingerprint density at radius 3 is 2.54 bits per heavy atom. The molecule has 0 spiro atoms. The number of rotatable bonds is 5. The zero-order chi connectivity index (χ0) is 17.8. The topological polar surface area (TPSA) is 41.6 Å². The maximum Gasteiger partial charge on any atom is 0.416 e. The number of halogens is 3. The van der Waals surface area contributed by atoms with E-state index in [-0.39, 0.29) is 17.9 Å². The molecule has 7 heteroatoms. The van der Waals surface area contributed by atoms with Crippen LogP contribution in [0.2, 0.25) is 0 Å². The Morgan fingerprint density at radius 2 is 1.96 bits per heavy atom. The molecule has 1 aromatic rings. The van der Waals surface area contributed by atoms with E-state index in [9.17, 15) is 18.0 Å². The van der Waals surface area contributed by atoms with Crippen LogP contribution < -0.4 is 5.32 Å². The molecule has 4 nitrogen and oxygen atoms in total. The lowest BCUT2D eigenvalue weighted by Crippen LogP contribution is -2.55. The van der Waals surface area contributed by atoms with Gasteiger partial charge in [-0.05, 0) is 38.6 Å². The van der Waals surface area contributed by atoms with Gasteiger partial charge < -0.3 is 15.0 Å². The van der Waals surface area contributed by atoms with Crippen molar-refractivity contribution in [2.45, 2.75) is 31.0 Å². The summed E-state index contributed by atoms with van der Waals surface area (Å²) in [4.78, 5) is 14.2. The van der Waals surface area contributed by atoms with Crippen molar-refractivity contribution in [2.75, 3.05) is 33.9 Å². The molecule has 24 heavy (non-hydrogen) atoms. The molecular weight excluding hydrogens is 321 g/mol. The van der Waals surface area contributed by atoms with Gasteiger partial charge in [-0.15, -0.1) is 0 Å². The molecule has 1 aliphatic rings. The Hall–Kier alpha value is -1.60. The third-order valence-electron chi connectivity index (χ3n) is 4.61. The zero-order valence-electron chi connectivity index (χ0n) is 13.9. The summed E-state index contributed by atoms with van der Waals surface area (Å²) in [5.41, 5.74) is -0.544. The molecule has 0 saturated carbocycles. The Balaban J connectivity index is 1.96. The van der Waals surface area contributed by atoms with Crippen LogP contribution >= 0.6 is 0 Å². The predicted octanol–water partition coefficient (Wildman–Crippen LogP) is 2.47. The highest BCUT2D eigenvalue weighted by molar-refractivity contribution is 5.78. The van der Waals surface area contributed by atoms with Crippen molar-refractivity contribution >= 4 is 5.91 Å². The molecule has 1 fully saturated rings. The molecule has 2 rings (SSSR count). The van der Waals surface area contributed by atoms with Gasteiger partial charge in [0.15, 0.2) is 0 Å². The third kappa shape index (κ3) is 4.70. The minimum atomic E-state index is -4.40. The van der Waals surface area contributed by atoms with Gasteiger partial charge in [0, 0.05) is 25.3 Å². The lowest BCUT2D eigenvalue weighted by Gasteiger charge is -2.42. The largest absolute Gasteiger partial charge is 0.416 e. The molecule has 0 unspecified atom stereocenters. The number of carbonyl (C=O) groups excluding carboxylic acids is 1. The molecule has 0 atom stereocenters. The maximum atomic E-state index is 12.7. The van der Waals surface area contributed by atoms with E-state index in [1.165, 1.54) is 12.1 Å². The van der Waals surface area contributed by atoms with E-state index in [1.807, 2.05) is 14.1 Å². The van der Waals surface area contributed by atoms with Crippen LogP contribution in [0.5, 0.6) is 0 Å².